The van der Waals surface area contributed by atoms with Crippen molar-refractivity contribution in [1.29, 1.82) is 0 Å². The number of guanidine groups is 1. The van der Waals surface area contributed by atoms with E-state index in [1.165, 1.54) is 244 Å². The van der Waals surface area contributed by atoms with E-state index in [9.17, 15) is 37.1 Å². The SMILES string of the molecule is CCCCCCCCCCCCCCCCCCCCCCCC(=O)NCCCN(CCCNC(=O)CCCCCCCCCCCCCCCCCCCCCCC)C(=O)CCC(=O)N[C@@H](CCCN=C(N)N)C(N)=O.O=C(O)C(F)(F)F. The van der Waals surface area contributed by atoms with Crippen LogP contribution in [0.4, 0.5) is 13.2 Å². The molecule has 0 spiro atoms. The number of aliphatic carboxylic acids is 1. The Hall–Kier alpha value is -4.12. The predicted molar refractivity (Wildman–Crippen MR) is 340 cm³/mol. The van der Waals surface area contributed by atoms with Crippen LogP contribution in [0.5, 0.6) is 0 Å². The first kappa shape index (κ1) is 81.9. The van der Waals surface area contributed by atoms with Crippen LogP contribution in [0.1, 0.15) is 335 Å². The van der Waals surface area contributed by atoms with Crippen molar-refractivity contribution in [2.75, 3.05) is 32.7 Å². The molecule has 0 saturated heterocycles. The molecule has 0 aromatic heterocycles. The molecule has 0 aliphatic carbocycles. The van der Waals surface area contributed by atoms with Crippen molar-refractivity contribution in [3.8, 4) is 0 Å². The van der Waals surface area contributed by atoms with E-state index >= 15 is 0 Å². The first-order valence-electron chi connectivity index (χ1n) is 34.3. The number of nitrogens with two attached hydrogens (primary N) is 3. The number of amides is 5. The van der Waals surface area contributed by atoms with Crippen molar-refractivity contribution >= 4 is 41.5 Å². The van der Waals surface area contributed by atoms with Crippen LogP contribution in [0.25, 0.3) is 0 Å². The monoisotopic (exact) mass is 1200 g/mol. The summed E-state index contributed by atoms with van der Waals surface area (Å²) in [6, 6.07) is -0.891. The Morgan fingerprint density at radius 2 is 0.702 bits per heavy atom. The molecule has 18 heteroatoms. The fourth-order valence-electron chi connectivity index (χ4n) is 10.4. The second-order valence-electron chi connectivity index (χ2n) is 23.7. The molecule has 84 heavy (non-hydrogen) atoms. The smallest absolute Gasteiger partial charge is 0.475 e. The second-order valence-corrected chi connectivity index (χ2v) is 23.7. The Bertz CT molecular complexity index is 1540. The molecule has 0 unspecified atom stereocenters. The van der Waals surface area contributed by atoms with E-state index in [-0.39, 0.29) is 42.9 Å². The lowest BCUT2D eigenvalue weighted by molar-refractivity contribution is -0.192. The zero-order valence-corrected chi connectivity index (χ0v) is 53.6. The van der Waals surface area contributed by atoms with Gasteiger partial charge in [-0.1, -0.05) is 271 Å². The van der Waals surface area contributed by atoms with Crippen LogP contribution in [0.2, 0.25) is 0 Å². The third kappa shape index (κ3) is 62.4. The average Bonchev–Trinajstić information content (AvgIpc) is 3.48. The zero-order valence-electron chi connectivity index (χ0n) is 53.6. The van der Waals surface area contributed by atoms with Gasteiger partial charge in [-0.05, 0) is 38.5 Å². The van der Waals surface area contributed by atoms with Gasteiger partial charge in [-0.25, -0.2) is 4.79 Å². The summed E-state index contributed by atoms with van der Waals surface area (Å²) in [7, 11) is 0. The molecular formula is C66H127F3N8O7. The summed E-state index contributed by atoms with van der Waals surface area (Å²) in [6.07, 6.45) is 53.6. The second kappa shape index (κ2) is 61.9. The third-order valence-electron chi connectivity index (χ3n) is 15.7. The number of unbranched alkanes of at least 4 members (excludes halogenated alkanes) is 40. The van der Waals surface area contributed by atoms with E-state index < -0.39 is 30.0 Å². The van der Waals surface area contributed by atoms with E-state index in [1.807, 2.05) is 0 Å². The third-order valence-corrected chi connectivity index (χ3v) is 15.7. The maximum Gasteiger partial charge on any atom is 0.490 e. The number of alkyl halides is 3. The van der Waals surface area contributed by atoms with Gasteiger partial charge in [0.15, 0.2) is 5.96 Å². The van der Waals surface area contributed by atoms with E-state index in [0.29, 0.717) is 64.8 Å². The van der Waals surface area contributed by atoms with Crippen molar-refractivity contribution in [2.24, 2.45) is 22.2 Å². The average molecular weight is 1200 g/mol. The summed E-state index contributed by atoms with van der Waals surface area (Å²) in [6.45, 7) is 6.62. The first-order chi connectivity index (χ1) is 40.5. The number of carboxylic acid groups (broad SMARTS) is 1. The van der Waals surface area contributed by atoms with Gasteiger partial charge in [0.1, 0.15) is 6.04 Å². The van der Waals surface area contributed by atoms with Gasteiger partial charge in [0, 0.05) is 58.4 Å². The van der Waals surface area contributed by atoms with Crippen LogP contribution in [-0.4, -0.2) is 96.4 Å². The number of hydrogen-bond donors (Lipinski definition) is 7. The largest absolute Gasteiger partial charge is 0.490 e. The van der Waals surface area contributed by atoms with Gasteiger partial charge in [0.2, 0.25) is 29.5 Å². The standard InChI is InChI=1S/C64H126N8O5.C2HF3O2/c1-3-5-7-9-11-13-15-17-19-21-23-25-27-29-31-33-35-37-39-41-43-49-59(73)68-54-46-56-72(62(76)52-51-61(75)71-58(63(65)77)48-45-53-70-64(66)67)57-47-55-69-60(74)50-44-42-40-38-36-34-32-30-28-26-24-22-20-18-16-14-12-10-8-6-4-2;3-2(4,5)1(6)7/h58H,3-57H2,1-2H3,(H2,65,77)(H,68,73)(H,69,74)(H,71,75)(H4,66,67,70);(H,6,7)/t58-;/m0./s1. The number of carboxylic acids is 1. The minimum absolute atomic E-state index is 0.0387. The van der Waals surface area contributed by atoms with Crippen LogP contribution < -0.4 is 33.2 Å². The summed E-state index contributed by atoms with van der Waals surface area (Å²) < 4.78 is 31.7. The number of carbonyl (C=O) groups is 6. The number of hydrogen-bond acceptors (Lipinski definition) is 7. The van der Waals surface area contributed by atoms with Crippen molar-refractivity contribution < 1.29 is 47.0 Å². The van der Waals surface area contributed by atoms with Crippen LogP contribution in [0.3, 0.4) is 0 Å². The van der Waals surface area contributed by atoms with Gasteiger partial charge in [-0.3, -0.25) is 29.0 Å². The number of nitrogens with zero attached hydrogens (tertiary/aromatic N) is 2. The Morgan fingerprint density at radius 1 is 0.417 bits per heavy atom. The maximum atomic E-state index is 13.5. The lowest BCUT2D eigenvalue weighted by Crippen LogP contribution is -2.45. The van der Waals surface area contributed by atoms with Gasteiger partial charge >= 0.3 is 12.1 Å². The molecule has 0 aliphatic heterocycles. The number of carbonyl (C=O) groups excluding carboxylic acids is 5. The van der Waals surface area contributed by atoms with Crippen molar-refractivity contribution in [3.05, 3.63) is 0 Å². The topological polar surface area (TPSA) is 252 Å². The Balaban J connectivity index is 0. The molecular weight excluding hydrogens is 1070 g/mol. The van der Waals surface area contributed by atoms with E-state index in [4.69, 9.17) is 27.1 Å². The highest BCUT2D eigenvalue weighted by atomic mass is 19.4. The van der Waals surface area contributed by atoms with Crippen molar-refractivity contribution in [3.63, 3.8) is 0 Å². The van der Waals surface area contributed by atoms with Gasteiger partial charge in [-0.2, -0.15) is 13.2 Å². The molecule has 0 bridgehead atoms. The van der Waals surface area contributed by atoms with Crippen LogP contribution in [-0.2, 0) is 28.8 Å². The van der Waals surface area contributed by atoms with Crippen LogP contribution in [0, 0.1) is 0 Å². The molecule has 0 rings (SSSR count). The highest BCUT2D eigenvalue weighted by molar-refractivity contribution is 5.88. The minimum atomic E-state index is -5.08. The van der Waals surface area contributed by atoms with E-state index in [0.717, 1.165) is 25.7 Å². The molecule has 0 radical (unpaired) electrons. The summed E-state index contributed by atoms with van der Waals surface area (Å²) in [4.78, 5) is 78.1. The summed E-state index contributed by atoms with van der Waals surface area (Å²) in [5.41, 5.74) is 16.3. The normalized spacial score (nSPS) is 11.6. The van der Waals surface area contributed by atoms with Crippen LogP contribution >= 0.6 is 0 Å². The molecule has 0 fully saturated rings. The fourth-order valence-corrected chi connectivity index (χ4v) is 10.4. The lowest BCUT2D eigenvalue weighted by Gasteiger charge is -2.23. The molecule has 494 valence electrons. The molecule has 15 nitrogen and oxygen atoms in total. The Labute approximate surface area is 509 Å². The summed E-state index contributed by atoms with van der Waals surface area (Å²) in [5, 5.41) is 15.8. The van der Waals surface area contributed by atoms with Gasteiger partial charge in [-0.15, -0.1) is 0 Å². The quantitative estimate of drug-likeness (QED) is 0.0173. The van der Waals surface area contributed by atoms with Gasteiger partial charge in [0.05, 0.1) is 0 Å². The molecule has 0 heterocycles. The Kier molecular flexibility index (Phi) is 60.4. The summed E-state index contributed by atoms with van der Waals surface area (Å²) >= 11 is 0. The van der Waals surface area contributed by atoms with Crippen molar-refractivity contribution in [1.82, 2.24) is 20.9 Å². The van der Waals surface area contributed by atoms with Crippen molar-refractivity contribution in [2.45, 2.75) is 347 Å². The Morgan fingerprint density at radius 3 is 0.964 bits per heavy atom. The molecule has 5 amide bonds. The molecule has 0 saturated carbocycles. The predicted octanol–water partition coefficient (Wildman–Crippen LogP) is 15.5. The molecule has 0 aromatic carbocycles. The zero-order chi connectivity index (χ0) is 62.4. The molecule has 1 atom stereocenters. The van der Waals surface area contributed by atoms with Gasteiger partial charge < -0.3 is 43.2 Å². The number of aliphatic imine (C=N–C) groups is 1. The van der Waals surface area contributed by atoms with E-state index in [1.54, 1.807) is 4.90 Å². The van der Waals surface area contributed by atoms with Crippen LogP contribution in [0.15, 0.2) is 4.99 Å². The number of nitrogens with one attached hydrogen (secondary N) is 3. The minimum Gasteiger partial charge on any atom is -0.475 e. The molecule has 0 aromatic rings. The number of rotatable bonds is 61. The summed E-state index contributed by atoms with van der Waals surface area (Å²) in [5.74, 6) is -4.03. The first-order valence-corrected chi connectivity index (χ1v) is 34.3. The number of primary amides is 1. The lowest BCUT2D eigenvalue weighted by atomic mass is 10.0. The molecule has 10 N–H and O–H groups in total. The highest BCUT2D eigenvalue weighted by Gasteiger charge is 2.38. The fraction of sp³-hybridized carbons (Fsp3) is 0.894. The molecule has 0 aliphatic rings. The van der Waals surface area contributed by atoms with E-state index in [2.05, 4.69) is 34.8 Å². The number of halogens is 3. The highest BCUT2D eigenvalue weighted by Crippen LogP contribution is 2.18. The maximum absolute atomic E-state index is 13.5. The van der Waals surface area contributed by atoms with Gasteiger partial charge in [0.25, 0.3) is 0 Å².